The molecule has 0 bridgehead atoms. The number of nitrogens with zero attached hydrogens (tertiary/aromatic N) is 3. The molecule has 1 fully saturated rings. The molecule has 3 aromatic rings. The smallest absolute Gasteiger partial charge is 0.139 e. The van der Waals surface area contributed by atoms with E-state index in [9.17, 15) is 9.50 Å². The first-order valence-corrected chi connectivity index (χ1v) is 8.31. The summed E-state index contributed by atoms with van der Waals surface area (Å²) < 4.78 is 17.4. The molecule has 1 aliphatic rings. The summed E-state index contributed by atoms with van der Waals surface area (Å²) in [5.41, 5.74) is 2.50. The molecule has 0 spiro atoms. The van der Waals surface area contributed by atoms with Crippen molar-refractivity contribution in [1.82, 2.24) is 19.9 Å². The molecule has 0 radical (unpaired) electrons. The molecular formula is C15H17FN4OS. The number of rotatable bonds is 2. The lowest BCUT2D eigenvalue weighted by Crippen LogP contribution is -2.39. The fourth-order valence-corrected chi connectivity index (χ4v) is 4.11. The van der Waals surface area contributed by atoms with Crippen LogP contribution in [0.25, 0.3) is 21.3 Å². The minimum atomic E-state index is -0.994. The Morgan fingerprint density at radius 1 is 1.50 bits per heavy atom. The van der Waals surface area contributed by atoms with Crippen LogP contribution in [0.4, 0.5) is 4.39 Å². The third kappa shape index (κ3) is 2.04. The zero-order valence-corrected chi connectivity index (χ0v) is 13.0. The largest absolute Gasteiger partial charge is 0.385 e. The summed E-state index contributed by atoms with van der Waals surface area (Å²) in [7, 11) is 0. The van der Waals surface area contributed by atoms with E-state index in [1.807, 2.05) is 16.0 Å². The molecule has 2 N–H and O–H groups in total. The second-order valence-corrected chi connectivity index (χ2v) is 6.64. The standard InChI is InChI=1S/C15H17FN4OS/c1-8(21)15-19-11-7-18-10-3-5-22-14(10)13(11)20(15)12-2-4-17-6-9(12)16/h3,5,7-9,12,17,21H,2,4,6H2,1H3/t8-,9+,12?/m1/s1. The Labute approximate surface area is 130 Å². The van der Waals surface area contributed by atoms with Gasteiger partial charge in [-0.2, -0.15) is 0 Å². The Kier molecular flexibility index (Phi) is 3.36. The Hall–Kier alpha value is -1.57. The zero-order valence-electron chi connectivity index (χ0n) is 12.2. The molecule has 0 saturated carbocycles. The number of hydrogen-bond donors (Lipinski definition) is 2. The number of aliphatic hydroxyl groups excluding tert-OH is 1. The number of aromatic nitrogens is 3. The van der Waals surface area contributed by atoms with Crippen LogP contribution in [0, 0.1) is 0 Å². The van der Waals surface area contributed by atoms with Gasteiger partial charge in [0.25, 0.3) is 0 Å². The highest BCUT2D eigenvalue weighted by Crippen LogP contribution is 2.35. The van der Waals surface area contributed by atoms with Crippen molar-refractivity contribution in [1.29, 1.82) is 0 Å². The molecule has 4 heterocycles. The molecule has 22 heavy (non-hydrogen) atoms. The monoisotopic (exact) mass is 320 g/mol. The van der Waals surface area contributed by atoms with Crippen molar-refractivity contribution in [3.63, 3.8) is 0 Å². The number of aliphatic hydroxyl groups is 1. The van der Waals surface area contributed by atoms with Crippen molar-refractivity contribution in [2.24, 2.45) is 0 Å². The first kappa shape index (κ1) is 14.0. The predicted molar refractivity (Wildman–Crippen MR) is 85.0 cm³/mol. The van der Waals surface area contributed by atoms with E-state index in [4.69, 9.17) is 0 Å². The summed E-state index contributed by atoms with van der Waals surface area (Å²) in [6, 6.07) is 1.65. The van der Waals surface area contributed by atoms with E-state index >= 15 is 0 Å². The summed E-state index contributed by atoms with van der Waals surface area (Å²) in [6.07, 6.45) is 0.652. The number of piperidine rings is 1. The van der Waals surface area contributed by atoms with Gasteiger partial charge in [-0.3, -0.25) is 4.98 Å². The molecule has 3 atom stereocenters. The van der Waals surface area contributed by atoms with Gasteiger partial charge in [-0.1, -0.05) is 0 Å². The van der Waals surface area contributed by atoms with Crippen LogP contribution in [0.2, 0.25) is 0 Å². The van der Waals surface area contributed by atoms with E-state index in [2.05, 4.69) is 15.3 Å². The van der Waals surface area contributed by atoms with Crippen LogP contribution in [0.15, 0.2) is 17.6 Å². The number of fused-ring (bicyclic) bond motifs is 3. The molecule has 1 unspecified atom stereocenters. The fourth-order valence-electron chi connectivity index (χ4n) is 3.22. The predicted octanol–water partition coefficient (Wildman–Crippen LogP) is 2.57. The summed E-state index contributed by atoms with van der Waals surface area (Å²) in [5, 5.41) is 15.2. The lowest BCUT2D eigenvalue weighted by molar-refractivity contribution is 0.153. The first-order valence-electron chi connectivity index (χ1n) is 7.43. The number of hydrogen-bond acceptors (Lipinski definition) is 5. The maximum atomic E-state index is 14.5. The van der Waals surface area contributed by atoms with Crippen molar-refractivity contribution in [3.8, 4) is 0 Å². The van der Waals surface area contributed by atoms with Gasteiger partial charge in [0.05, 0.1) is 28.0 Å². The maximum absolute atomic E-state index is 14.5. The molecule has 1 aliphatic heterocycles. The van der Waals surface area contributed by atoms with E-state index < -0.39 is 12.3 Å². The summed E-state index contributed by atoms with van der Waals surface area (Å²) in [6.45, 7) is 2.77. The Balaban J connectivity index is 2.03. The average molecular weight is 320 g/mol. The minimum Gasteiger partial charge on any atom is -0.385 e. The second-order valence-electron chi connectivity index (χ2n) is 5.72. The van der Waals surface area contributed by atoms with Crippen molar-refractivity contribution < 1.29 is 9.50 Å². The van der Waals surface area contributed by atoms with E-state index in [1.165, 1.54) is 0 Å². The molecule has 4 rings (SSSR count). The number of thiophene rings is 1. The third-order valence-electron chi connectivity index (χ3n) is 4.23. The first-order chi connectivity index (χ1) is 10.7. The van der Waals surface area contributed by atoms with Gasteiger partial charge >= 0.3 is 0 Å². The highest BCUT2D eigenvalue weighted by molar-refractivity contribution is 7.18. The molecule has 1 saturated heterocycles. The van der Waals surface area contributed by atoms with Gasteiger partial charge < -0.3 is 15.0 Å². The van der Waals surface area contributed by atoms with E-state index in [1.54, 1.807) is 24.5 Å². The molecular weight excluding hydrogens is 303 g/mol. The maximum Gasteiger partial charge on any atom is 0.139 e. The summed E-state index contributed by atoms with van der Waals surface area (Å²) in [4.78, 5) is 8.92. The van der Waals surface area contributed by atoms with Gasteiger partial charge in [0.15, 0.2) is 0 Å². The van der Waals surface area contributed by atoms with Gasteiger partial charge in [-0.05, 0) is 31.3 Å². The van der Waals surface area contributed by atoms with Gasteiger partial charge in [0, 0.05) is 6.54 Å². The Morgan fingerprint density at radius 3 is 3.14 bits per heavy atom. The van der Waals surface area contributed by atoms with Crippen molar-refractivity contribution >= 4 is 32.6 Å². The Bertz CT molecular complexity index is 828. The number of imidazole rings is 1. The van der Waals surface area contributed by atoms with Crippen molar-refractivity contribution in [2.45, 2.75) is 31.7 Å². The highest BCUT2D eigenvalue weighted by Gasteiger charge is 2.31. The SMILES string of the molecule is C[C@@H](O)c1nc2cnc3ccsc3c2n1C1CCNC[C@@H]1F. The topological polar surface area (TPSA) is 63.0 Å². The van der Waals surface area contributed by atoms with Crippen LogP contribution in [0.3, 0.4) is 0 Å². The van der Waals surface area contributed by atoms with Crippen LogP contribution in [0.5, 0.6) is 0 Å². The normalized spacial score (nSPS) is 24.1. The average Bonchev–Trinajstić information content (AvgIpc) is 3.11. The van der Waals surface area contributed by atoms with Crippen LogP contribution in [0.1, 0.15) is 31.3 Å². The molecule has 0 aliphatic carbocycles. The van der Waals surface area contributed by atoms with Crippen LogP contribution in [-0.2, 0) is 0 Å². The highest BCUT2D eigenvalue weighted by atomic mass is 32.1. The second kappa shape index (κ2) is 5.26. The van der Waals surface area contributed by atoms with Crippen LogP contribution < -0.4 is 5.32 Å². The van der Waals surface area contributed by atoms with E-state index in [-0.39, 0.29) is 6.04 Å². The summed E-state index contributed by atoms with van der Waals surface area (Å²) in [5.74, 6) is 0.521. The molecule has 0 aromatic carbocycles. The van der Waals surface area contributed by atoms with E-state index in [0.717, 1.165) is 27.8 Å². The number of alkyl halides is 1. The molecule has 0 amide bonds. The van der Waals surface area contributed by atoms with Gasteiger partial charge in [0.1, 0.15) is 23.6 Å². The molecule has 116 valence electrons. The number of halogens is 1. The minimum absolute atomic E-state index is 0.302. The van der Waals surface area contributed by atoms with Crippen LogP contribution >= 0.6 is 11.3 Å². The van der Waals surface area contributed by atoms with Crippen molar-refractivity contribution in [2.75, 3.05) is 13.1 Å². The number of nitrogens with one attached hydrogen (secondary N) is 1. The summed E-state index contributed by atoms with van der Waals surface area (Å²) >= 11 is 1.58. The zero-order chi connectivity index (χ0) is 15.3. The van der Waals surface area contributed by atoms with Crippen LogP contribution in [-0.4, -0.2) is 38.9 Å². The van der Waals surface area contributed by atoms with Gasteiger partial charge in [0.2, 0.25) is 0 Å². The van der Waals surface area contributed by atoms with Gasteiger partial charge in [-0.25, -0.2) is 9.37 Å². The molecule has 7 heteroatoms. The van der Waals surface area contributed by atoms with E-state index in [0.29, 0.717) is 18.8 Å². The fraction of sp³-hybridized carbons (Fsp3) is 0.467. The number of pyridine rings is 1. The third-order valence-corrected chi connectivity index (χ3v) is 5.14. The lowest BCUT2D eigenvalue weighted by Gasteiger charge is -2.30. The molecule has 5 nitrogen and oxygen atoms in total. The van der Waals surface area contributed by atoms with Gasteiger partial charge in [-0.15, -0.1) is 11.3 Å². The van der Waals surface area contributed by atoms with Crippen molar-refractivity contribution in [3.05, 3.63) is 23.5 Å². The molecule has 3 aromatic heterocycles. The quantitative estimate of drug-likeness (QED) is 0.762. The lowest BCUT2D eigenvalue weighted by atomic mass is 10.0. The Morgan fingerprint density at radius 2 is 2.36 bits per heavy atom.